The van der Waals surface area contributed by atoms with Crippen molar-refractivity contribution in [3.63, 3.8) is 0 Å². The number of nitrogens with one attached hydrogen (secondary N) is 1. The van der Waals surface area contributed by atoms with E-state index >= 15 is 0 Å². The molecule has 1 aliphatic heterocycles. The summed E-state index contributed by atoms with van der Waals surface area (Å²) >= 11 is 0. The average Bonchev–Trinajstić information content (AvgIpc) is 3.02. The molecule has 0 saturated carbocycles. The van der Waals surface area contributed by atoms with Crippen LogP contribution in [0.25, 0.3) is 0 Å². The number of nitro benzene ring substituents is 1. The third-order valence-corrected chi connectivity index (χ3v) is 4.51. The minimum Gasteiger partial charge on any atom is -0.497 e. The van der Waals surface area contributed by atoms with Gasteiger partial charge in [-0.1, -0.05) is 6.07 Å². The zero-order valence-electron chi connectivity index (χ0n) is 15.0. The number of benzene rings is 2. The number of hydrogen-bond acceptors (Lipinski definition) is 5. The molecule has 0 unspecified atom stereocenters. The summed E-state index contributed by atoms with van der Waals surface area (Å²) in [6.07, 6.45) is 0.172. The van der Waals surface area contributed by atoms with Crippen molar-refractivity contribution in [3.8, 4) is 5.75 Å². The van der Waals surface area contributed by atoms with Gasteiger partial charge in [-0.3, -0.25) is 19.7 Å². The van der Waals surface area contributed by atoms with Gasteiger partial charge in [0.05, 0.1) is 18.1 Å². The number of anilines is 1. The van der Waals surface area contributed by atoms with Crippen molar-refractivity contribution >= 4 is 23.2 Å². The highest BCUT2D eigenvalue weighted by Crippen LogP contribution is 2.25. The van der Waals surface area contributed by atoms with Gasteiger partial charge in [0, 0.05) is 35.8 Å². The number of carbonyl (C=O) groups excluding carboxylic acids is 2. The Morgan fingerprint density at radius 2 is 1.96 bits per heavy atom. The minimum atomic E-state index is -0.517. The molecule has 3 rings (SSSR count). The molecule has 0 bridgehead atoms. The number of aryl methyl sites for hydroxylation is 1. The van der Waals surface area contributed by atoms with Crippen LogP contribution in [0.5, 0.6) is 5.75 Å². The van der Waals surface area contributed by atoms with Crippen LogP contribution in [0.15, 0.2) is 42.5 Å². The number of carbonyl (C=O) groups is 2. The minimum absolute atomic E-state index is 0.0969. The summed E-state index contributed by atoms with van der Waals surface area (Å²) in [6.45, 7) is 1.95. The van der Waals surface area contributed by atoms with Gasteiger partial charge in [0.25, 0.3) is 11.6 Å². The molecule has 140 valence electrons. The molecule has 2 aromatic carbocycles. The first-order chi connectivity index (χ1) is 12.9. The smallest absolute Gasteiger partial charge is 0.273 e. The van der Waals surface area contributed by atoms with Gasteiger partial charge in [-0.2, -0.15) is 0 Å². The first kappa shape index (κ1) is 18.4. The molecular formula is C19H19N3O5. The van der Waals surface area contributed by atoms with E-state index in [2.05, 4.69) is 5.32 Å². The maximum absolute atomic E-state index is 12.4. The van der Waals surface area contributed by atoms with Gasteiger partial charge in [0.15, 0.2) is 0 Å². The molecule has 1 heterocycles. The SMILES string of the molecule is COc1ccc(N2C[C@H](NC(=O)c3ccc(C)c([N+](=O)[O-])c3)CC2=O)cc1. The predicted molar refractivity (Wildman–Crippen MR) is 99.1 cm³/mol. The van der Waals surface area contributed by atoms with Crippen molar-refractivity contribution < 1.29 is 19.2 Å². The van der Waals surface area contributed by atoms with Crippen LogP contribution in [0.4, 0.5) is 11.4 Å². The molecule has 1 atom stereocenters. The number of nitrogens with zero attached hydrogens (tertiary/aromatic N) is 2. The Morgan fingerprint density at radius 1 is 1.26 bits per heavy atom. The van der Waals surface area contributed by atoms with Crippen molar-refractivity contribution in [2.45, 2.75) is 19.4 Å². The van der Waals surface area contributed by atoms with E-state index in [-0.39, 0.29) is 29.6 Å². The zero-order chi connectivity index (χ0) is 19.6. The van der Waals surface area contributed by atoms with Crippen LogP contribution in [0, 0.1) is 17.0 Å². The Bertz CT molecular complexity index is 895. The first-order valence-electron chi connectivity index (χ1n) is 8.39. The Kier molecular flexibility index (Phi) is 5.07. The molecule has 8 nitrogen and oxygen atoms in total. The Labute approximate surface area is 155 Å². The molecule has 1 saturated heterocycles. The highest BCUT2D eigenvalue weighted by molar-refractivity contribution is 5.99. The Morgan fingerprint density at radius 3 is 2.59 bits per heavy atom. The molecule has 0 spiro atoms. The molecule has 1 N–H and O–H groups in total. The second-order valence-corrected chi connectivity index (χ2v) is 6.34. The van der Waals surface area contributed by atoms with Gasteiger partial charge in [0.1, 0.15) is 5.75 Å². The average molecular weight is 369 g/mol. The lowest BCUT2D eigenvalue weighted by Crippen LogP contribution is -2.37. The summed E-state index contributed by atoms with van der Waals surface area (Å²) in [5.41, 5.74) is 1.30. The topological polar surface area (TPSA) is 102 Å². The number of methoxy groups -OCH3 is 1. The van der Waals surface area contributed by atoms with Crippen LogP contribution < -0.4 is 15.0 Å². The van der Waals surface area contributed by atoms with E-state index in [0.717, 1.165) is 5.69 Å². The van der Waals surface area contributed by atoms with Crippen LogP contribution in [-0.4, -0.2) is 36.4 Å². The van der Waals surface area contributed by atoms with Crippen molar-refractivity contribution in [2.24, 2.45) is 0 Å². The molecule has 1 aliphatic rings. The van der Waals surface area contributed by atoms with Gasteiger partial charge in [-0.05, 0) is 37.3 Å². The molecule has 0 aromatic heterocycles. The first-order valence-corrected chi connectivity index (χ1v) is 8.39. The molecule has 0 aliphatic carbocycles. The number of nitro groups is 1. The van der Waals surface area contributed by atoms with Gasteiger partial charge >= 0.3 is 0 Å². The van der Waals surface area contributed by atoms with Gasteiger partial charge in [0.2, 0.25) is 5.91 Å². The highest BCUT2D eigenvalue weighted by Gasteiger charge is 2.32. The van der Waals surface area contributed by atoms with E-state index < -0.39 is 10.8 Å². The fourth-order valence-electron chi connectivity index (χ4n) is 3.03. The lowest BCUT2D eigenvalue weighted by molar-refractivity contribution is -0.385. The zero-order valence-corrected chi connectivity index (χ0v) is 15.0. The fourth-order valence-corrected chi connectivity index (χ4v) is 3.03. The van der Waals surface area contributed by atoms with E-state index in [9.17, 15) is 19.7 Å². The number of ether oxygens (including phenoxy) is 1. The van der Waals surface area contributed by atoms with Crippen molar-refractivity contribution in [1.82, 2.24) is 5.32 Å². The van der Waals surface area contributed by atoms with Gasteiger partial charge in [-0.15, -0.1) is 0 Å². The lowest BCUT2D eigenvalue weighted by atomic mass is 10.1. The molecule has 1 fully saturated rings. The van der Waals surface area contributed by atoms with Crippen molar-refractivity contribution in [2.75, 3.05) is 18.6 Å². The summed E-state index contributed by atoms with van der Waals surface area (Å²) in [6, 6.07) is 11.1. The van der Waals surface area contributed by atoms with E-state index in [4.69, 9.17) is 4.74 Å². The molecular weight excluding hydrogens is 350 g/mol. The second-order valence-electron chi connectivity index (χ2n) is 6.34. The summed E-state index contributed by atoms with van der Waals surface area (Å²) in [4.78, 5) is 36.9. The normalized spacial score (nSPS) is 16.3. The summed E-state index contributed by atoms with van der Waals surface area (Å²) in [5, 5.41) is 13.8. The van der Waals surface area contributed by atoms with Crippen LogP contribution in [-0.2, 0) is 4.79 Å². The van der Waals surface area contributed by atoms with E-state index in [1.54, 1.807) is 43.2 Å². The summed E-state index contributed by atoms with van der Waals surface area (Å²) in [5.74, 6) is 0.157. The summed E-state index contributed by atoms with van der Waals surface area (Å²) < 4.78 is 5.11. The Hall–Kier alpha value is -3.42. The van der Waals surface area contributed by atoms with Crippen molar-refractivity contribution in [1.29, 1.82) is 0 Å². The third-order valence-electron chi connectivity index (χ3n) is 4.51. The van der Waals surface area contributed by atoms with E-state index in [1.807, 2.05) is 0 Å². The van der Waals surface area contributed by atoms with E-state index in [1.165, 1.54) is 18.2 Å². The Balaban J connectivity index is 1.69. The van der Waals surface area contributed by atoms with Gasteiger partial charge in [-0.25, -0.2) is 0 Å². The maximum atomic E-state index is 12.4. The molecule has 8 heteroatoms. The number of amides is 2. The molecule has 2 amide bonds. The van der Waals surface area contributed by atoms with Crippen LogP contribution >= 0.6 is 0 Å². The van der Waals surface area contributed by atoms with E-state index in [0.29, 0.717) is 17.9 Å². The number of hydrogen-bond donors (Lipinski definition) is 1. The monoisotopic (exact) mass is 369 g/mol. The largest absolute Gasteiger partial charge is 0.497 e. The molecule has 27 heavy (non-hydrogen) atoms. The molecule has 2 aromatic rings. The van der Waals surface area contributed by atoms with Crippen molar-refractivity contribution in [3.05, 3.63) is 63.7 Å². The lowest BCUT2D eigenvalue weighted by Gasteiger charge is -2.17. The predicted octanol–water partition coefficient (Wildman–Crippen LogP) is 2.45. The fraction of sp³-hybridized carbons (Fsp3) is 0.263. The maximum Gasteiger partial charge on any atom is 0.273 e. The van der Waals surface area contributed by atoms with Crippen LogP contribution in [0.3, 0.4) is 0 Å². The number of rotatable bonds is 5. The summed E-state index contributed by atoms with van der Waals surface area (Å²) in [7, 11) is 1.57. The van der Waals surface area contributed by atoms with Crippen LogP contribution in [0.2, 0.25) is 0 Å². The van der Waals surface area contributed by atoms with Crippen LogP contribution in [0.1, 0.15) is 22.3 Å². The third kappa shape index (κ3) is 3.89. The highest BCUT2D eigenvalue weighted by atomic mass is 16.6. The second kappa shape index (κ2) is 7.45. The van der Waals surface area contributed by atoms with Gasteiger partial charge < -0.3 is 15.0 Å². The standard InChI is InChI=1S/C19H19N3O5/c1-12-3-4-13(9-17(12)22(25)26)19(24)20-14-10-18(23)21(11-14)15-5-7-16(27-2)8-6-15/h3-9,14H,10-11H2,1-2H3,(H,20,24)/t14-/m1/s1. The molecule has 0 radical (unpaired) electrons. The quantitative estimate of drug-likeness (QED) is 0.644.